The monoisotopic (exact) mass is 331 g/mol. The fourth-order valence-electron chi connectivity index (χ4n) is 3.02. The summed E-state index contributed by atoms with van der Waals surface area (Å²) in [4.78, 5) is 0.222. The van der Waals surface area contributed by atoms with Gasteiger partial charge in [-0.3, -0.25) is 0 Å². The molecule has 0 bridgehead atoms. The van der Waals surface area contributed by atoms with E-state index in [1.165, 1.54) is 19.2 Å². The minimum atomic E-state index is -3.51. The highest BCUT2D eigenvalue weighted by molar-refractivity contribution is 7.89. The van der Waals surface area contributed by atoms with Crippen LogP contribution in [0.4, 0.5) is 0 Å². The highest BCUT2D eigenvalue weighted by Gasteiger charge is 2.45. The van der Waals surface area contributed by atoms with Crippen molar-refractivity contribution >= 4 is 21.6 Å². The zero-order valence-electron chi connectivity index (χ0n) is 11.8. The van der Waals surface area contributed by atoms with E-state index in [1.807, 2.05) is 0 Å². The second-order valence-corrected chi connectivity index (χ2v) is 8.03. The maximum atomic E-state index is 12.7. The molecule has 5 nitrogen and oxygen atoms in total. The molecule has 0 N–H and O–H groups in total. The van der Waals surface area contributed by atoms with E-state index in [1.54, 1.807) is 10.4 Å². The minimum Gasteiger partial charge on any atom is -0.495 e. The Hall–Kier alpha value is -0.820. The lowest BCUT2D eigenvalue weighted by molar-refractivity contribution is 0.157. The summed E-state index contributed by atoms with van der Waals surface area (Å²) in [5.74, 6) is 0.371. The molecule has 21 heavy (non-hydrogen) atoms. The van der Waals surface area contributed by atoms with Crippen molar-refractivity contribution in [3.05, 3.63) is 23.2 Å². The fraction of sp³-hybridized carbons (Fsp3) is 0.571. The Kier molecular flexibility index (Phi) is 3.90. The van der Waals surface area contributed by atoms with Crippen molar-refractivity contribution in [1.82, 2.24) is 4.31 Å². The van der Waals surface area contributed by atoms with Gasteiger partial charge in [-0.1, -0.05) is 11.6 Å². The van der Waals surface area contributed by atoms with Gasteiger partial charge >= 0.3 is 0 Å². The maximum Gasteiger partial charge on any atom is 0.243 e. The second kappa shape index (κ2) is 5.43. The van der Waals surface area contributed by atoms with E-state index in [4.69, 9.17) is 21.1 Å². The molecule has 1 aromatic rings. The molecule has 2 aliphatic rings. The van der Waals surface area contributed by atoms with Gasteiger partial charge in [0.25, 0.3) is 0 Å². The third kappa shape index (κ3) is 2.65. The van der Waals surface area contributed by atoms with Crippen LogP contribution in [0.3, 0.4) is 0 Å². The Morgan fingerprint density at radius 3 is 2.86 bits per heavy atom. The fourth-order valence-corrected chi connectivity index (χ4v) is 4.78. The highest BCUT2D eigenvalue weighted by atomic mass is 35.5. The summed E-state index contributed by atoms with van der Waals surface area (Å²) in [5, 5.41) is 0.401. The molecule has 2 heterocycles. The summed E-state index contributed by atoms with van der Waals surface area (Å²) in [6.07, 6.45) is 1.79. The summed E-state index contributed by atoms with van der Waals surface area (Å²) in [7, 11) is -2.04. The van der Waals surface area contributed by atoms with Gasteiger partial charge in [0, 0.05) is 31.2 Å². The van der Waals surface area contributed by atoms with Crippen molar-refractivity contribution in [1.29, 1.82) is 0 Å². The summed E-state index contributed by atoms with van der Waals surface area (Å²) >= 11 is 5.95. The summed E-state index contributed by atoms with van der Waals surface area (Å²) in [6.45, 7) is 2.45. The zero-order valence-corrected chi connectivity index (χ0v) is 13.4. The van der Waals surface area contributed by atoms with Crippen LogP contribution >= 0.6 is 11.6 Å². The third-order valence-corrected chi connectivity index (χ3v) is 6.50. The molecule has 2 fully saturated rings. The molecule has 0 aliphatic carbocycles. The van der Waals surface area contributed by atoms with E-state index in [9.17, 15) is 8.42 Å². The Morgan fingerprint density at radius 1 is 1.38 bits per heavy atom. The van der Waals surface area contributed by atoms with Crippen molar-refractivity contribution < 1.29 is 17.9 Å². The van der Waals surface area contributed by atoms with Crippen LogP contribution in [-0.2, 0) is 14.8 Å². The topological polar surface area (TPSA) is 55.8 Å². The number of hydrogen-bond donors (Lipinski definition) is 0. The van der Waals surface area contributed by atoms with Crippen molar-refractivity contribution in [2.24, 2.45) is 5.41 Å². The van der Waals surface area contributed by atoms with Crippen LogP contribution in [0, 0.1) is 5.41 Å². The molecule has 2 aliphatic heterocycles. The number of hydrogen-bond acceptors (Lipinski definition) is 4. The van der Waals surface area contributed by atoms with Gasteiger partial charge in [0.15, 0.2) is 0 Å². The lowest BCUT2D eigenvalue weighted by atomic mass is 9.87. The molecule has 1 atom stereocenters. The number of ether oxygens (including phenoxy) is 2. The SMILES string of the molecule is COc1cc(S(=O)(=O)N2CCC3(CCOC3)C2)ccc1Cl. The van der Waals surface area contributed by atoms with Gasteiger partial charge in [-0.25, -0.2) is 8.42 Å². The number of rotatable bonds is 3. The van der Waals surface area contributed by atoms with E-state index in [2.05, 4.69) is 0 Å². The third-order valence-electron chi connectivity index (χ3n) is 4.35. The van der Waals surface area contributed by atoms with Gasteiger partial charge in [0.1, 0.15) is 5.75 Å². The van der Waals surface area contributed by atoms with E-state index in [0.29, 0.717) is 30.5 Å². The lowest BCUT2D eigenvalue weighted by Crippen LogP contribution is -2.32. The van der Waals surface area contributed by atoms with Crippen molar-refractivity contribution in [2.45, 2.75) is 17.7 Å². The normalized spacial score (nSPS) is 26.6. The molecule has 0 aromatic heterocycles. The Labute approximate surface area is 129 Å². The molecule has 2 saturated heterocycles. The molecular weight excluding hydrogens is 314 g/mol. The Bertz CT molecular complexity index is 640. The average molecular weight is 332 g/mol. The van der Waals surface area contributed by atoms with Crippen LogP contribution in [0.15, 0.2) is 23.1 Å². The first-order chi connectivity index (χ1) is 9.97. The number of sulfonamides is 1. The molecule has 0 amide bonds. The van der Waals surface area contributed by atoms with Crippen molar-refractivity contribution in [2.75, 3.05) is 33.4 Å². The standard InChI is InChI=1S/C14H18ClNO4S/c1-19-13-8-11(2-3-12(13)15)21(17,18)16-6-4-14(9-16)5-7-20-10-14/h2-3,8H,4-7,9-10H2,1H3. The first-order valence-electron chi connectivity index (χ1n) is 6.88. The molecule has 1 aromatic carbocycles. The second-order valence-electron chi connectivity index (χ2n) is 5.69. The maximum absolute atomic E-state index is 12.7. The number of halogens is 1. The Morgan fingerprint density at radius 2 is 2.19 bits per heavy atom. The molecule has 116 valence electrons. The van der Waals surface area contributed by atoms with Crippen LogP contribution in [0.2, 0.25) is 5.02 Å². The smallest absolute Gasteiger partial charge is 0.243 e. The minimum absolute atomic E-state index is 0.00355. The van der Waals surface area contributed by atoms with Crippen LogP contribution in [-0.4, -0.2) is 46.1 Å². The molecule has 1 spiro atoms. The quantitative estimate of drug-likeness (QED) is 0.851. The molecule has 1 unspecified atom stereocenters. The highest BCUT2D eigenvalue weighted by Crippen LogP contribution is 2.40. The summed E-state index contributed by atoms with van der Waals surface area (Å²) in [6, 6.07) is 4.56. The predicted molar refractivity (Wildman–Crippen MR) is 79.2 cm³/mol. The van der Waals surface area contributed by atoms with E-state index < -0.39 is 10.0 Å². The Balaban J connectivity index is 1.87. The van der Waals surface area contributed by atoms with Gasteiger partial charge in [0.05, 0.1) is 23.6 Å². The van der Waals surface area contributed by atoms with E-state index in [0.717, 1.165) is 19.4 Å². The largest absolute Gasteiger partial charge is 0.495 e. The van der Waals surface area contributed by atoms with Crippen molar-refractivity contribution in [3.8, 4) is 5.75 Å². The number of methoxy groups -OCH3 is 1. The molecule has 3 rings (SSSR count). The summed E-state index contributed by atoms with van der Waals surface area (Å²) < 4.78 is 37.6. The van der Waals surface area contributed by atoms with Gasteiger partial charge in [-0.2, -0.15) is 4.31 Å². The molecule has 0 radical (unpaired) electrons. The van der Waals surface area contributed by atoms with E-state index in [-0.39, 0.29) is 10.3 Å². The van der Waals surface area contributed by atoms with Crippen LogP contribution < -0.4 is 4.74 Å². The van der Waals surface area contributed by atoms with Crippen LogP contribution in [0.25, 0.3) is 0 Å². The van der Waals surface area contributed by atoms with Gasteiger partial charge in [-0.15, -0.1) is 0 Å². The first-order valence-corrected chi connectivity index (χ1v) is 8.70. The zero-order chi connectivity index (χ0) is 15.1. The van der Waals surface area contributed by atoms with Gasteiger partial charge < -0.3 is 9.47 Å². The first kappa shape index (κ1) is 15.1. The summed E-state index contributed by atoms with van der Waals surface area (Å²) in [5.41, 5.74) is 0.00355. The predicted octanol–water partition coefficient (Wildman–Crippen LogP) is 2.15. The average Bonchev–Trinajstić information content (AvgIpc) is 3.10. The molecular formula is C14H18ClNO4S. The van der Waals surface area contributed by atoms with E-state index >= 15 is 0 Å². The lowest BCUT2D eigenvalue weighted by Gasteiger charge is -2.22. The van der Waals surface area contributed by atoms with Crippen LogP contribution in [0.1, 0.15) is 12.8 Å². The number of benzene rings is 1. The van der Waals surface area contributed by atoms with Gasteiger partial charge in [-0.05, 0) is 25.0 Å². The molecule has 7 heteroatoms. The van der Waals surface area contributed by atoms with Gasteiger partial charge in [0.2, 0.25) is 10.0 Å². The van der Waals surface area contributed by atoms with Crippen molar-refractivity contribution in [3.63, 3.8) is 0 Å². The number of nitrogens with zero attached hydrogens (tertiary/aromatic N) is 1. The van der Waals surface area contributed by atoms with Crippen LogP contribution in [0.5, 0.6) is 5.75 Å². The molecule has 0 saturated carbocycles.